The summed E-state index contributed by atoms with van der Waals surface area (Å²) in [6.07, 6.45) is 4.18. The molecule has 0 radical (unpaired) electrons. The summed E-state index contributed by atoms with van der Waals surface area (Å²) in [6.45, 7) is 20.4. The average molecular weight is 1940 g/mol. The zero-order valence-electron chi connectivity index (χ0n) is 80.5. The van der Waals surface area contributed by atoms with Crippen LogP contribution in [-0.4, -0.2) is 247 Å². The lowest BCUT2D eigenvalue weighted by atomic mass is 10.0. The fraction of sp³-hybridized carbons (Fsp3) is 0.384. The molecule has 11 rings (SSSR count). The molecule has 740 valence electrons. The SMILES string of the molecule is CC(C)[C@H](NC(=O)N(CC(=O)OC(C)(C)C)N1C(=O)c2ccccc2C1=O)C(=O)OC(C)(C)C.CCC(N)=NCCC[C@H](NC(=O)N(Cc1ccccc1)N1C(=O)c2ccccc2C1=O)C(=O)OC.COC(=O)[C@H](CCCCNC(=O)OC(C)(C)C)NC(=O)N(Cc1ccccc1)N1C(=O)c2ccccc2C1=O.COC(=O)[C@H](CCSC)NC(=O)N(Cc1ccccc1)N1C(=O)c2ccccc2C1=O. The van der Waals surface area contributed by atoms with Gasteiger partial charge < -0.3 is 60.7 Å². The first-order valence-corrected chi connectivity index (χ1v) is 46.0. The van der Waals surface area contributed by atoms with E-state index in [1.807, 2.05) is 25.3 Å². The van der Waals surface area contributed by atoms with E-state index in [0.717, 1.165) is 30.1 Å². The minimum absolute atomic E-state index is 0.0332. The summed E-state index contributed by atoms with van der Waals surface area (Å²) < 4.78 is 30.4. The van der Waals surface area contributed by atoms with Gasteiger partial charge in [-0.15, -0.1) is 0 Å². The van der Waals surface area contributed by atoms with Crippen molar-refractivity contribution < 1.29 is 115 Å². The van der Waals surface area contributed by atoms with Gasteiger partial charge in [0.25, 0.3) is 47.3 Å². The number of nitrogens with zero attached hydrogens (tertiary/aromatic N) is 9. The lowest BCUT2D eigenvalue weighted by Gasteiger charge is -2.33. The number of carbonyl (C=O) groups excluding carboxylic acids is 18. The normalized spacial score (nSPS) is 13.8. The minimum Gasteiger partial charge on any atom is -0.467 e. The number of fused-ring (bicyclic) bond motifs is 4. The number of hydrogen-bond acceptors (Lipinski definition) is 26. The lowest BCUT2D eigenvalue weighted by molar-refractivity contribution is -0.158. The topological polar surface area (TPSA) is 487 Å². The second-order valence-electron chi connectivity index (χ2n) is 35.0. The summed E-state index contributed by atoms with van der Waals surface area (Å²) >= 11 is 1.52. The molecule has 0 saturated carbocycles. The number of hydrogen-bond donors (Lipinski definition) is 6. The number of rotatable bonds is 34. The van der Waals surface area contributed by atoms with E-state index in [4.69, 9.17) is 34.2 Å². The number of aliphatic imine (C=N–C) groups is 1. The molecule has 139 heavy (non-hydrogen) atoms. The van der Waals surface area contributed by atoms with Crippen LogP contribution in [0.4, 0.5) is 24.0 Å². The second kappa shape index (κ2) is 50.4. The van der Waals surface area contributed by atoms with Crippen molar-refractivity contribution in [3.8, 4) is 0 Å². The Morgan fingerprint density at radius 3 is 0.957 bits per heavy atom. The van der Waals surface area contributed by atoms with Crippen molar-refractivity contribution in [3.05, 3.63) is 249 Å². The Kier molecular flexibility index (Phi) is 39.5. The Balaban J connectivity index is 0.000000228. The monoisotopic (exact) mass is 1930 g/mol. The van der Waals surface area contributed by atoms with Gasteiger partial charge in [0.05, 0.1) is 91.3 Å². The molecule has 0 bridgehead atoms. The van der Waals surface area contributed by atoms with Crippen molar-refractivity contribution in [1.82, 2.24) is 66.7 Å². The van der Waals surface area contributed by atoms with Crippen molar-refractivity contribution in [2.24, 2.45) is 16.6 Å². The molecular formula is C99H119N15O24S. The maximum atomic E-state index is 13.5. The maximum absolute atomic E-state index is 13.5. The molecule has 0 unspecified atom stereocenters. The van der Waals surface area contributed by atoms with Gasteiger partial charge in [-0.05, 0) is 184 Å². The van der Waals surface area contributed by atoms with Crippen LogP contribution in [0, 0.1) is 5.92 Å². The van der Waals surface area contributed by atoms with Gasteiger partial charge in [-0.25, -0.2) is 63.2 Å². The summed E-state index contributed by atoms with van der Waals surface area (Å²) in [7, 11) is 3.67. The third-order valence-electron chi connectivity index (χ3n) is 20.7. The highest BCUT2D eigenvalue weighted by atomic mass is 32.2. The molecule has 4 heterocycles. The number of alkyl carbamates (subject to hydrolysis) is 1. The molecule has 4 aliphatic rings. The van der Waals surface area contributed by atoms with E-state index in [0.29, 0.717) is 83.5 Å². The van der Waals surface area contributed by atoms with Crippen LogP contribution in [0.3, 0.4) is 0 Å². The number of imide groups is 4. The number of hydrazine groups is 4. The number of amidine groups is 1. The molecule has 4 atom stereocenters. The molecule has 7 N–H and O–H groups in total. The number of unbranched alkanes of at least 4 members (excludes halogenated alkanes) is 1. The van der Waals surface area contributed by atoms with Crippen molar-refractivity contribution in [2.45, 2.75) is 189 Å². The van der Waals surface area contributed by atoms with Gasteiger partial charge in [0.1, 0.15) is 47.5 Å². The van der Waals surface area contributed by atoms with Crippen LogP contribution in [0.15, 0.2) is 193 Å². The van der Waals surface area contributed by atoms with Crippen molar-refractivity contribution in [3.63, 3.8) is 0 Å². The number of esters is 5. The largest absolute Gasteiger partial charge is 0.467 e. The van der Waals surface area contributed by atoms with Gasteiger partial charge >= 0.3 is 60.1 Å². The average Bonchev–Trinajstić information content (AvgIpc) is 1.63. The van der Waals surface area contributed by atoms with Crippen LogP contribution < -0.4 is 32.3 Å². The second-order valence-corrected chi connectivity index (χ2v) is 36.0. The summed E-state index contributed by atoms with van der Waals surface area (Å²) in [5, 5.41) is 19.8. The molecule has 17 amide bonds. The lowest BCUT2D eigenvalue weighted by Crippen LogP contribution is -2.59. The van der Waals surface area contributed by atoms with E-state index in [2.05, 4.69) is 31.6 Å². The minimum atomic E-state index is -1.09. The Morgan fingerprint density at radius 1 is 0.381 bits per heavy atom. The highest BCUT2D eigenvalue weighted by Crippen LogP contribution is 2.32. The number of benzene rings is 7. The van der Waals surface area contributed by atoms with Gasteiger partial charge in [0, 0.05) is 19.5 Å². The summed E-state index contributed by atoms with van der Waals surface area (Å²) in [6, 6.07) is 44.6. The fourth-order valence-corrected chi connectivity index (χ4v) is 14.5. The van der Waals surface area contributed by atoms with Crippen LogP contribution in [0.1, 0.15) is 228 Å². The molecule has 39 nitrogen and oxygen atoms in total. The molecular weight excluding hydrogens is 1820 g/mol. The zero-order chi connectivity index (χ0) is 102. The van der Waals surface area contributed by atoms with Crippen LogP contribution in [0.2, 0.25) is 0 Å². The van der Waals surface area contributed by atoms with Crippen LogP contribution in [0.5, 0.6) is 0 Å². The highest BCUT2D eigenvalue weighted by molar-refractivity contribution is 7.98. The molecule has 40 heteroatoms. The number of amides is 17. The van der Waals surface area contributed by atoms with Gasteiger partial charge in [-0.2, -0.15) is 31.8 Å². The third-order valence-corrected chi connectivity index (χ3v) is 21.3. The highest BCUT2D eigenvalue weighted by Gasteiger charge is 2.48. The van der Waals surface area contributed by atoms with E-state index >= 15 is 0 Å². The van der Waals surface area contributed by atoms with Crippen molar-refractivity contribution >= 4 is 125 Å². The first kappa shape index (κ1) is 109. The Bertz CT molecular complexity index is 5530. The molecule has 0 saturated heterocycles. The van der Waals surface area contributed by atoms with Crippen LogP contribution in [-0.2, 0) is 72.0 Å². The Labute approximate surface area is 809 Å². The van der Waals surface area contributed by atoms with Gasteiger partial charge in [0.2, 0.25) is 0 Å². The van der Waals surface area contributed by atoms with Gasteiger partial charge in [0.15, 0.2) is 0 Å². The predicted molar refractivity (Wildman–Crippen MR) is 509 cm³/mol. The summed E-state index contributed by atoms with van der Waals surface area (Å²) in [4.78, 5) is 236. The molecule has 4 aliphatic heterocycles. The summed E-state index contributed by atoms with van der Waals surface area (Å²) in [5.74, 6) is -7.92. The summed E-state index contributed by atoms with van der Waals surface area (Å²) in [5.41, 5.74) is 6.97. The van der Waals surface area contributed by atoms with Crippen molar-refractivity contribution in [2.75, 3.05) is 53.0 Å². The Hall–Kier alpha value is -15.4. The van der Waals surface area contributed by atoms with Crippen molar-refractivity contribution in [1.29, 1.82) is 0 Å². The molecule has 7 aromatic rings. The molecule has 0 spiro atoms. The van der Waals surface area contributed by atoms with E-state index < -0.39 is 155 Å². The first-order chi connectivity index (χ1) is 65.9. The first-order valence-electron chi connectivity index (χ1n) is 44.7. The fourth-order valence-electron chi connectivity index (χ4n) is 14.0. The number of nitrogens with one attached hydrogen (secondary N) is 5. The molecule has 0 aliphatic carbocycles. The number of urea groups is 4. The third kappa shape index (κ3) is 30.3. The van der Waals surface area contributed by atoms with E-state index in [1.165, 1.54) is 69.5 Å². The van der Waals surface area contributed by atoms with E-state index in [9.17, 15) is 86.3 Å². The quantitative estimate of drug-likeness (QED) is 0.00545. The van der Waals surface area contributed by atoms with Gasteiger partial charge in [-0.3, -0.25) is 48.1 Å². The number of carbonyl (C=O) groups is 18. The van der Waals surface area contributed by atoms with E-state index in [-0.39, 0.29) is 82.9 Å². The van der Waals surface area contributed by atoms with E-state index in [1.54, 1.807) is 216 Å². The smallest absolute Gasteiger partial charge is 0.407 e. The standard InChI is InChI=1S/C28H34N4O7.C25H29N5O5.C24H33N3O7.C22H23N3O5S/c1-28(2,3)39-27(37)29-17-11-10-16-22(25(35)38-4)30-26(36)31(18-19-12-6-5-7-13-19)32-23(33)20-14-8-9-15-21(20)24(32)34;1-3-21(26)27-15-9-14-20(24(33)35-2)28-25(34)29(16-17-10-5-4-6-11-17)30-22(31)18-12-7-8-13-19(18)23(30)32;1-14(2)18(21(31)34-24(6,7)8)25-22(32)26(13-17(28)33-23(3,4)5)27-19(29)15-11-9-10-12-16(15)20(27)30;1-30-21(28)18(12-13-31-2)23-22(29)24(14-15-8-4-3-5-9-15)25-19(26)16-10-6-7-11-17(16)20(25)27/h5-9,12-15,22H,10-11,16-18H2,1-4H3,(H,29,37)(H,30,36);4-8,10-13,20H,3,9,14-16H2,1-2H3,(H2,26,27)(H,28,34);9-12,14,18H,13H2,1-8H3,(H,25,32);3-11,18H,12-14H2,1-2H3,(H,23,29)/t22-;20-;2*18-/m0000/s1. The maximum Gasteiger partial charge on any atom is 0.407 e. The molecule has 0 aromatic heterocycles. The number of nitrogens with two attached hydrogens (primary N) is 1. The van der Waals surface area contributed by atoms with Gasteiger partial charge in [-0.1, -0.05) is 160 Å². The predicted octanol–water partition coefficient (Wildman–Crippen LogP) is 11.8. The number of thioether (sulfide) groups is 1. The zero-order valence-corrected chi connectivity index (χ0v) is 81.3. The van der Waals surface area contributed by atoms with Crippen LogP contribution >= 0.6 is 11.8 Å². The molecule has 0 fully saturated rings. The number of methoxy groups -OCH3 is 3. The number of ether oxygens (including phenoxy) is 6. The van der Waals surface area contributed by atoms with Crippen LogP contribution in [0.25, 0.3) is 0 Å². The molecule has 7 aromatic carbocycles. The Morgan fingerprint density at radius 2 is 0.669 bits per heavy atom.